The van der Waals surface area contributed by atoms with E-state index in [1.165, 1.54) is 29.9 Å². The number of benzene rings is 2. The molecule has 4 rings (SSSR count). The SMILES string of the molecule is COc1ccc([N+](=O)[O-])cc1-n1c(N)c(C(=O)NCCC(C)C)c2nc3ccccc3nc21. The summed E-state index contributed by atoms with van der Waals surface area (Å²) in [6.45, 7) is 4.61. The van der Waals surface area contributed by atoms with Crippen molar-refractivity contribution in [1.29, 1.82) is 0 Å². The van der Waals surface area contributed by atoms with Crippen LogP contribution in [-0.4, -0.2) is 39.0 Å². The molecular weight excluding hydrogens is 424 g/mol. The Balaban J connectivity index is 2.00. The van der Waals surface area contributed by atoms with Crippen molar-refractivity contribution in [2.45, 2.75) is 20.3 Å². The minimum Gasteiger partial charge on any atom is -0.495 e. The van der Waals surface area contributed by atoms with Gasteiger partial charge in [0.1, 0.15) is 22.6 Å². The van der Waals surface area contributed by atoms with Gasteiger partial charge in [0.2, 0.25) is 0 Å². The number of nitro benzene ring substituents is 1. The Kier molecular flexibility index (Phi) is 5.82. The average Bonchev–Trinajstić information content (AvgIpc) is 3.07. The van der Waals surface area contributed by atoms with Crippen molar-refractivity contribution in [3.05, 3.63) is 58.1 Å². The molecule has 33 heavy (non-hydrogen) atoms. The van der Waals surface area contributed by atoms with Gasteiger partial charge in [-0.1, -0.05) is 26.0 Å². The number of hydrogen-bond donors (Lipinski definition) is 2. The second-order valence-electron chi connectivity index (χ2n) is 8.03. The van der Waals surface area contributed by atoms with Gasteiger partial charge in [-0.3, -0.25) is 19.5 Å². The highest BCUT2D eigenvalue weighted by atomic mass is 16.6. The third-order valence-electron chi connectivity index (χ3n) is 5.35. The summed E-state index contributed by atoms with van der Waals surface area (Å²) in [4.78, 5) is 33.4. The van der Waals surface area contributed by atoms with E-state index in [0.717, 1.165) is 6.42 Å². The maximum Gasteiger partial charge on any atom is 0.271 e. The van der Waals surface area contributed by atoms with Crippen LogP contribution in [0.25, 0.3) is 27.9 Å². The van der Waals surface area contributed by atoms with Crippen LogP contribution < -0.4 is 15.8 Å². The number of nitrogens with two attached hydrogens (primary N) is 1. The van der Waals surface area contributed by atoms with Crippen LogP contribution in [0.1, 0.15) is 30.6 Å². The summed E-state index contributed by atoms with van der Waals surface area (Å²) >= 11 is 0. The first kappa shape index (κ1) is 22.0. The Bertz CT molecular complexity index is 1380. The van der Waals surface area contributed by atoms with Crippen molar-refractivity contribution in [1.82, 2.24) is 19.9 Å². The minimum absolute atomic E-state index is 0.0705. The monoisotopic (exact) mass is 448 g/mol. The van der Waals surface area contributed by atoms with E-state index in [-0.39, 0.29) is 23.0 Å². The van der Waals surface area contributed by atoms with Crippen LogP contribution >= 0.6 is 0 Å². The minimum atomic E-state index is -0.508. The highest BCUT2D eigenvalue weighted by Crippen LogP contribution is 2.36. The number of nitro groups is 1. The second kappa shape index (κ2) is 8.73. The molecule has 4 aromatic rings. The Morgan fingerprint density at radius 2 is 1.91 bits per heavy atom. The molecule has 170 valence electrons. The predicted octanol–water partition coefficient (Wildman–Crippen LogP) is 3.85. The fourth-order valence-electron chi connectivity index (χ4n) is 3.66. The molecule has 0 radical (unpaired) electrons. The van der Waals surface area contributed by atoms with E-state index in [0.29, 0.717) is 46.1 Å². The molecule has 0 unspecified atom stereocenters. The molecule has 3 N–H and O–H groups in total. The molecule has 0 aliphatic carbocycles. The lowest BCUT2D eigenvalue weighted by molar-refractivity contribution is -0.384. The van der Waals surface area contributed by atoms with Crippen molar-refractivity contribution in [2.75, 3.05) is 19.4 Å². The first-order valence-corrected chi connectivity index (χ1v) is 10.5. The van der Waals surface area contributed by atoms with E-state index in [1.807, 2.05) is 12.1 Å². The van der Waals surface area contributed by atoms with Crippen molar-refractivity contribution < 1.29 is 14.5 Å². The number of anilines is 1. The number of amides is 1. The van der Waals surface area contributed by atoms with Crippen LogP contribution in [0.5, 0.6) is 5.75 Å². The predicted molar refractivity (Wildman–Crippen MR) is 126 cm³/mol. The number of hydrogen-bond acceptors (Lipinski definition) is 7. The van der Waals surface area contributed by atoms with Gasteiger partial charge in [-0.05, 0) is 30.5 Å². The lowest BCUT2D eigenvalue weighted by Gasteiger charge is -2.12. The topological polar surface area (TPSA) is 138 Å². The molecule has 0 aliphatic rings. The maximum absolute atomic E-state index is 13.2. The van der Waals surface area contributed by atoms with Crippen molar-refractivity contribution in [3.8, 4) is 11.4 Å². The number of nitrogens with zero attached hydrogens (tertiary/aromatic N) is 4. The first-order valence-electron chi connectivity index (χ1n) is 10.5. The largest absolute Gasteiger partial charge is 0.495 e. The molecule has 10 heteroatoms. The summed E-state index contributed by atoms with van der Waals surface area (Å²) in [5.74, 6) is 0.444. The molecule has 0 fully saturated rings. The number of rotatable bonds is 7. The molecule has 2 aromatic carbocycles. The van der Waals surface area contributed by atoms with E-state index >= 15 is 0 Å². The van der Waals surface area contributed by atoms with Crippen LogP contribution in [-0.2, 0) is 0 Å². The van der Waals surface area contributed by atoms with E-state index < -0.39 is 4.92 Å². The third-order valence-corrected chi connectivity index (χ3v) is 5.35. The highest BCUT2D eigenvalue weighted by Gasteiger charge is 2.27. The number of para-hydroxylation sites is 2. The van der Waals surface area contributed by atoms with E-state index in [9.17, 15) is 14.9 Å². The van der Waals surface area contributed by atoms with Crippen molar-refractivity contribution >= 4 is 39.6 Å². The lowest BCUT2D eigenvalue weighted by Crippen LogP contribution is -2.26. The van der Waals surface area contributed by atoms with Crippen molar-refractivity contribution in [2.24, 2.45) is 5.92 Å². The van der Waals surface area contributed by atoms with Gasteiger partial charge in [0.25, 0.3) is 11.6 Å². The van der Waals surface area contributed by atoms with Crippen molar-refractivity contribution in [3.63, 3.8) is 0 Å². The molecule has 0 bridgehead atoms. The number of carbonyl (C=O) groups is 1. The molecule has 2 heterocycles. The van der Waals surface area contributed by atoms with Crippen LogP contribution in [0.3, 0.4) is 0 Å². The Morgan fingerprint density at radius 3 is 2.55 bits per heavy atom. The first-order chi connectivity index (χ1) is 15.8. The summed E-state index contributed by atoms with van der Waals surface area (Å²) in [7, 11) is 1.45. The standard InChI is InChI=1S/C23H24N6O4/c1-13(2)10-11-25-23(30)19-20-22(27-16-7-5-4-6-15(16)26-20)28(21(19)24)17-12-14(29(31)32)8-9-18(17)33-3/h4-9,12-13H,10-11,24H2,1-3H3,(H,25,30). The van der Waals surface area contributed by atoms with E-state index in [4.69, 9.17) is 15.5 Å². The number of carbonyl (C=O) groups excluding carboxylic acids is 1. The molecule has 0 saturated heterocycles. The van der Waals surface area contributed by atoms with Gasteiger partial charge in [0.15, 0.2) is 5.65 Å². The second-order valence-corrected chi connectivity index (χ2v) is 8.03. The number of non-ortho nitro benzene ring substituents is 1. The number of aromatic nitrogens is 3. The molecule has 2 aromatic heterocycles. The van der Waals surface area contributed by atoms with Gasteiger partial charge in [0.05, 0.1) is 28.8 Å². The number of fused-ring (bicyclic) bond motifs is 2. The zero-order valence-electron chi connectivity index (χ0n) is 18.5. The number of nitrogens with one attached hydrogen (secondary N) is 1. The van der Waals surface area contributed by atoms with Gasteiger partial charge >= 0.3 is 0 Å². The maximum atomic E-state index is 13.2. The van der Waals surface area contributed by atoms with Crippen LogP contribution in [0.4, 0.5) is 11.5 Å². The molecule has 0 saturated carbocycles. The third kappa shape index (κ3) is 4.02. The summed E-state index contributed by atoms with van der Waals surface area (Å²) in [5.41, 5.74) is 8.61. The normalized spacial score (nSPS) is 11.3. The van der Waals surface area contributed by atoms with Gasteiger partial charge in [-0.15, -0.1) is 0 Å². The quantitative estimate of drug-likeness (QED) is 0.323. The molecule has 1 amide bonds. The number of ether oxygens (including phenoxy) is 1. The van der Waals surface area contributed by atoms with Gasteiger partial charge in [-0.25, -0.2) is 9.97 Å². The zero-order valence-corrected chi connectivity index (χ0v) is 18.5. The van der Waals surface area contributed by atoms with E-state index in [1.54, 1.807) is 12.1 Å². The Labute approximate surface area is 189 Å². The summed E-state index contributed by atoms with van der Waals surface area (Å²) < 4.78 is 6.92. The molecule has 0 aliphatic heterocycles. The fraction of sp³-hybridized carbons (Fsp3) is 0.261. The zero-order chi connectivity index (χ0) is 23.7. The summed E-state index contributed by atoms with van der Waals surface area (Å²) in [6, 6.07) is 11.4. The lowest BCUT2D eigenvalue weighted by atomic mass is 10.1. The summed E-state index contributed by atoms with van der Waals surface area (Å²) in [5, 5.41) is 14.3. The molecule has 10 nitrogen and oxygen atoms in total. The van der Waals surface area contributed by atoms with Crippen LogP contribution in [0.15, 0.2) is 42.5 Å². The van der Waals surface area contributed by atoms with Gasteiger partial charge in [0, 0.05) is 18.7 Å². The van der Waals surface area contributed by atoms with Crippen LogP contribution in [0.2, 0.25) is 0 Å². The fourth-order valence-corrected chi connectivity index (χ4v) is 3.66. The average molecular weight is 448 g/mol. The number of nitrogen functional groups attached to an aromatic ring is 1. The van der Waals surface area contributed by atoms with Gasteiger partial charge < -0.3 is 15.8 Å². The molecular formula is C23H24N6O4. The Morgan fingerprint density at radius 1 is 1.21 bits per heavy atom. The van der Waals surface area contributed by atoms with Crippen LogP contribution in [0, 0.1) is 16.0 Å². The highest BCUT2D eigenvalue weighted by molar-refractivity contribution is 6.11. The smallest absolute Gasteiger partial charge is 0.271 e. The molecule has 0 spiro atoms. The number of methoxy groups -OCH3 is 1. The molecule has 0 atom stereocenters. The Hall–Kier alpha value is -4.21. The van der Waals surface area contributed by atoms with Gasteiger partial charge in [-0.2, -0.15) is 0 Å². The van der Waals surface area contributed by atoms with E-state index in [2.05, 4.69) is 24.1 Å². The summed E-state index contributed by atoms with van der Waals surface area (Å²) in [6.07, 6.45) is 0.803.